The number of hydrazone groups is 1. The van der Waals surface area contributed by atoms with Gasteiger partial charge in [-0.25, -0.2) is 15.4 Å². The highest BCUT2D eigenvalue weighted by atomic mass is 32.2. The van der Waals surface area contributed by atoms with Crippen LogP contribution in [0.15, 0.2) is 34.5 Å². The molecule has 0 bridgehead atoms. The zero-order valence-electron chi connectivity index (χ0n) is 15.2. The molecule has 1 aromatic carbocycles. The zero-order chi connectivity index (χ0) is 19.6. The number of hydrogen-bond donors (Lipinski definition) is 1. The third kappa shape index (κ3) is 6.60. The van der Waals surface area contributed by atoms with Gasteiger partial charge in [0.15, 0.2) is 23.3 Å². The molecule has 0 saturated heterocycles. The van der Waals surface area contributed by atoms with Crippen molar-refractivity contribution in [3.05, 3.63) is 41.2 Å². The number of nitrogens with one attached hydrogen (secondary N) is 1. The van der Waals surface area contributed by atoms with Gasteiger partial charge in [-0.2, -0.15) is 10.4 Å². The van der Waals surface area contributed by atoms with Crippen molar-refractivity contribution in [2.45, 2.75) is 19.0 Å². The van der Waals surface area contributed by atoms with E-state index in [1.54, 1.807) is 18.2 Å². The maximum absolute atomic E-state index is 11.9. The summed E-state index contributed by atoms with van der Waals surface area (Å²) in [5.41, 5.74) is 4.89. The lowest BCUT2D eigenvalue weighted by Gasteiger charge is -2.08. The Balaban J connectivity index is 1.88. The Kier molecular flexibility index (Phi) is 7.58. The molecule has 0 aliphatic rings. The second-order valence-electron chi connectivity index (χ2n) is 5.37. The van der Waals surface area contributed by atoms with E-state index in [2.05, 4.69) is 20.5 Å². The Hall–Kier alpha value is -3.12. The van der Waals surface area contributed by atoms with Gasteiger partial charge in [0, 0.05) is 11.4 Å². The molecule has 0 radical (unpaired) electrons. The number of rotatable bonds is 8. The Morgan fingerprint density at radius 3 is 2.70 bits per heavy atom. The van der Waals surface area contributed by atoms with Gasteiger partial charge >= 0.3 is 0 Å². The number of aryl methyl sites for hydroxylation is 2. The first kappa shape index (κ1) is 20.2. The minimum absolute atomic E-state index is 0.0678. The number of thioether (sulfide) groups is 1. The fourth-order valence-electron chi connectivity index (χ4n) is 2.09. The first-order valence-corrected chi connectivity index (χ1v) is 8.95. The van der Waals surface area contributed by atoms with Crippen molar-refractivity contribution in [2.75, 3.05) is 19.5 Å². The summed E-state index contributed by atoms with van der Waals surface area (Å²) < 4.78 is 10.5. The molecule has 2 rings (SSSR count). The lowest BCUT2D eigenvalue weighted by molar-refractivity contribution is -0.118. The topological polar surface area (TPSA) is 109 Å². The molecular weight excluding hydrogens is 366 g/mol. The molecule has 1 amide bonds. The summed E-state index contributed by atoms with van der Waals surface area (Å²) in [5, 5.41) is 13.1. The van der Waals surface area contributed by atoms with Crippen molar-refractivity contribution in [3.63, 3.8) is 0 Å². The molecule has 140 valence electrons. The highest BCUT2D eigenvalue weighted by Gasteiger charge is 2.06. The smallest absolute Gasteiger partial charge is 0.250 e. The summed E-state index contributed by atoms with van der Waals surface area (Å²) >= 11 is 1.25. The molecule has 8 nitrogen and oxygen atoms in total. The molecular formula is C18H19N5O3S. The molecule has 0 unspecified atom stereocenters. The summed E-state index contributed by atoms with van der Waals surface area (Å²) in [5.74, 6) is 0.831. The molecule has 0 saturated carbocycles. The van der Waals surface area contributed by atoms with Crippen molar-refractivity contribution in [1.82, 2.24) is 15.4 Å². The number of hydrogen-bond acceptors (Lipinski definition) is 8. The van der Waals surface area contributed by atoms with E-state index in [-0.39, 0.29) is 18.3 Å². The van der Waals surface area contributed by atoms with E-state index in [1.165, 1.54) is 25.1 Å². The van der Waals surface area contributed by atoms with Crippen LogP contribution in [0.2, 0.25) is 0 Å². The molecule has 1 N–H and O–H groups in total. The maximum atomic E-state index is 11.9. The van der Waals surface area contributed by atoms with Gasteiger partial charge in [-0.05, 0) is 43.7 Å². The molecule has 0 aliphatic carbocycles. The zero-order valence-corrected chi connectivity index (χ0v) is 16.0. The highest BCUT2D eigenvalue weighted by molar-refractivity contribution is 7.99. The molecule has 9 heteroatoms. The van der Waals surface area contributed by atoms with Crippen LogP contribution in [0.5, 0.6) is 11.5 Å². The van der Waals surface area contributed by atoms with E-state index < -0.39 is 0 Å². The number of benzene rings is 1. The fourth-order valence-corrected chi connectivity index (χ4v) is 2.83. The van der Waals surface area contributed by atoms with Gasteiger partial charge in [0.2, 0.25) is 0 Å². The number of amides is 1. The number of carbonyl (C=O) groups excluding carboxylic acids is 1. The number of methoxy groups -OCH3 is 1. The predicted octanol–water partition coefficient (Wildman–Crippen LogP) is 2.25. The van der Waals surface area contributed by atoms with E-state index in [0.29, 0.717) is 22.2 Å². The number of ether oxygens (including phenoxy) is 2. The largest absolute Gasteiger partial charge is 0.493 e. The van der Waals surface area contributed by atoms with E-state index in [0.717, 1.165) is 11.4 Å². The molecule has 1 aromatic heterocycles. The normalized spacial score (nSPS) is 10.4. The lowest BCUT2D eigenvalue weighted by Crippen LogP contribution is -2.19. The second-order valence-corrected chi connectivity index (χ2v) is 6.31. The van der Waals surface area contributed by atoms with E-state index in [1.807, 2.05) is 26.0 Å². The van der Waals surface area contributed by atoms with Crippen molar-refractivity contribution < 1.29 is 14.3 Å². The van der Waals surface area contributed by atoms with Crippen molar-refractivity contribution in [1.29, 1.82) is 5.26 Å². The molecule has 0 fully saturated rings. The molecule has 2 aromatic rings. The van der Waals surface area contributed by atoms with Crippen LogP contribution in [0.1, 0.15) is 17.0 Å². The summed E-state index contributed by atoms with van der Waals surface area (Å²) in [7, 11) is 1.50. The van der Waals surface area contributed by atoms with Gasteiger partial charge in [0.1, 0.15) is 6.07 Å². The fraction of sp³-hybridized carbons (Fsp3) is 0.278. The summed E-state index contributed by atoms with van der Waals surface area (Å²) in [6.07, 6.45) is 1.49. The van der Waals surface area contributed by atoms with E-state index in [4.69, 9.17) is 14.7 Å². The van der Waals surface area contributed by atoms with Gasteiger partial charge in [0.05, 0.1) is 19.1 Å². The first-order chi connectivity index (χ1) is 13.0. The van der Waals surface area contributed by atoms with Crippen LogP contribution in [0.4, 0.5) is 0 Å². The van der Waals surface area contributed by atoms with Crippen molar-refractivity contribution in [3.8, 4) is 17.6 Å². The predicted molar refractivity (Wildman–Crippen MR) is 102 cm³/mol. The molecule has 0 aliphatic heterocycles. The van der Waals surface area contributed by atoms with Gasteiger partial charge in [-0.15, -0.1) is 0 Å². The highest BCUT2D eigenvalue weighted by Crippen LogP contribution is 2.27. The first-order valence-electron chi connectivity index (χ1n) is 7.96. The van der Waals surface area contributed by atoms with Crippen LogP contribution in [-0.2, 0) is 4.79 Å². The third-order valence-corrected chi connectivity index (χ3v) is 4.02. The SMILES string of the molecule is COc1cc(/C=N/NC(=O)CSc2nc(C)cc(C)n2)ccc1OCC#N. The average molecular weight is 385 g/mol. The molecule has 1 heterocycles. The van der Waals surface area contributed by atoms with E-state index >= 15 is 0 Å². The van der Waals surface area contributed by atoms with Crippen molar-refractivity contribution in [2.24, 2.45) is 5.10 Å². The monoisotopic (exact) mass is 385 g/mol. The number of nitrogens with zero attached hydrogens (tertiary/aromatic N) is 4. The van der Waals surface area contributed by atoms with Gasteiger partial charge in [-0.1, -0.05) is 11.8 Å². The van der Waals surface area contributed by atoms with Gasteiger partial charge in [0.25, 0.3) is 5.91 Å². The lowest BCUT2D eigenvalue weighted by atomic mass is 10.2. The van der Waals surface area contributed by atoms with Crippen LogP contribution in [0, 0.1) is 25.2 Å². The molecule has 0 spiro atoms. The van der Waals surface area contributed by atoms with Crippen LogP contribution < -0.4 is 14.9 Å². The van der Waals surface area contributed by atoms with Crippen LogP contribution in [0.25, 0.3) is 0 Å². The van der Waals surface area contributed by atoms with Crippen LogP contribution >= 0.6 is 11.8 Å². The Bertz CT molecular complexity index is 860. The second kappa shape index (κ2) is 10.1. The summed E-state index contributed by atoms with van der Waals surface area (Å²) in [6.45, 7) is 3.70. The Labute approximate surface area is 161 Å². The van der Waals surface area contributed by atoms with Crippen LogP contribution in [0.3, 0.4) is 0 Å². The summed E-state index contributed by atoms with van der Waals surface area (Å²) in [6, 6.07) is 8.88. The van der Waals surface area contributed by atoms with Crippen molar-refractivity contribution >= 4 is 23.9 Å². The third-order valence-electron chi connectivity index (χ3n) is 3.18. The van der Waals surface area contributed by atoms with Gasteiger partial charge in [-0.3, -0.25) is 4.79 Å². The minimum Gasteiger partial charge on any atom is -0.493 e. The Morgan fingerprint density at radius 2 is 2.04 bits per heavy atom. The molecule has 0 atom stereocenters. The van der Waals surface area contributed by atoms with E-state index in [9.17, 15) is 4.79 Å². The summed E-state index contributed by atoms with van der Waals surface area (Å²) in [4.78, 5) is 20.4. The number of nitriles is 1. The number of aromatic nitrogens is 2. The standard InChI is InChI=1S/C18H19N5O3S/c1-12-8-13(2)22-18(21-12)27-11-17(24)23-20-10-14-4-5-15(26-7-6-19)16(9-14)25-3/h4-5,8-10H,7,11H2,1-3H3,(H,23,24)/b20-10+. The minimum atomic E-state index is -0.264. The van der Waals surface area contributed by atoms with Gasteiger partial charge < -0.3 is 9.47 Å². The number of carbonyl (C=O) groups is 1. The average Bonchev–Trinajstić information content (AvgIpc) is 2.64. The maximum Gasteiger partial charge on any atom is 0.250 e. The molecule has 27 heavy (non-hydrogen) atoms. The Morgan fingerprint density at radius 1 is 1.30 bits per heavy atom. The quantitative estimate of drug-likeness (QED) is 0.321. The van der Waals surface area contributed by atoms with Crippen LogP contribution in [-0.4, -0.2) is 41.6 Å².